The van der Waals surface area contributed by atoms with E-state index in [1.54, 1.807) is 28.6 Å². The van der Waals surface area contributed by atoms with E-state index in [2.05, 4.69) is 17.1 Å². The van der Waals surface area contributed by atoms with Gasteiger partial charge in [0.25, 0.3) is 0 Å². The Labute approximate surface area is 150 Å². The number of nitrogens with zero attached hydrogens (tertiary/aromatic N) is 2. The van der Waals surface area contributed by atoms with E-state index in [9.17, 15) is 13.2 Å². The van der Waals surface area contributed by atoms with Gasteiger partial charge in [0, 0.05) is 18.8 Å². The lowest BCUT2D eigenvalue weighted by atomic mass is 10.0. The van der Waals surface area contributed by atoms with Gasteiger partial charge in [-0.25, -0.2) is 8.42 Å². The lowest BCUT2D eigenvalue weighted by Gasteiger charge is -2.30. The molecule has 0 bridgehead atoms. The van der Waals surface area contributed by atoms with E-state index < -0.39 is 10.0 Å². The number of benzene rings is 1. The summed E-state index contributed by atoms with van der Waals surface area (Å²) in [5.41, 5.74) is 0.634. The van der Waals surface area contributed by atoms with E-state index in [-0.39, 0.29) is 5.91 Å². The standard InChI is InChI=1S/C18H27N3O3S/c1-15-5-4-12-21(13-15)25(23,24)17-8-6-16(7-9-17)19-18(22)14-20-10-2-3-11-20/h6-9,15H,2-5,10-14H2,1H3,(H,19,22)/t15-/m0/s1. The van der Waals surface area contributed by atoms with E-state index in [4.69, 9.17) is 0 Å². The second-order valence-corrected chi connectivity index (χ2v) is 9.10. The molecule has 1 aromatic carbocycles. The molecule has 6 nitrogen and oxygen atoms in total. The fourth-order valence-corrected chi connectivity index (χ4v) is 5.17. The van der Waals surface area contributed by atoms with Crippen LogP contribution in [0, 0.1) is 5.92 Å². The zero-order valence-corrected chi connectivity index (χ0v) is 15.6. The molecular weight excluding hydrogens is 338 g/mol. The van der Waals surface area contributed by atoms with Gasteiger partial charge in [0.15, 0.2) is 0 Å². The summed E-state index contributed by atoms with van der Waals surface area (Å²) in [6.07, 6.45) is 4.28. The van der Waals surface area contributed by atoms with Gasteiger partial charge in [-0.1, -0.05) is 6.92 Å². The molecule has 25 heavy (non-hydrogen) atoms. The van der Waals surface area contributed by atoms with Gasteiger partial charge in [-0.3, -0.25) is 9.69 Å². The summed E-state index contributed by atoms with van der Waals surface area (Å²) >= 11 is 0. The van der Waals surface area contributed by atoms with Gasteiger partial charge >= 0.3 is 0 Å². The molecule has 7 heteroatoms. The van der Waals surface area contributed by atoms with Crippen LogP contribution in [-0.2, 0) is 14.8 Å². The molecule has 2 heterocycles. The average Bonchev–Trinajstić information content (AvgIpc) is 3.08. The molecule has 0 saturated carbocycles. The second kappa shape index (κ2) is 7.85. The van der Waals surface area contributed by atoms with Crippen LogP contribution in [0.3, 0.4) is 0 Å². The maximum absolute atomic E-state index is 12.7. The summed E-state index contributed by atoms with van der Waals surface area (Å²) in [5, 5.41) is 2.85. The number of piperidine rings is 1. The predicted molar refractivity (Wildman–Crippen MR) is 97.9 cm³/mol. The molecule has 2 aliphatic rings. The van der Waals surface area contributed by atoms with Crippen molar-refractivity contribution in [2.45, 2.75) is 37.5 Å². The number of amides is 1. The van der Waals surface area contributed by atoms with Crippen molar-refractivity contribution in [2.75, 3.05) is 38.0 Å². The van der Waals surface area contributed by atoms with Crippen LogP contribution in [0.25, 0.3) is 0 Å². The topological polar surface area (TPSA) is 69.7 Å². The first-order valence-corrected chi connectivity index (χ1v) is 10.5. The maximum Gasteiger partial charge on any atom is 0.243 e. The van der Waals surface area contributed by atoms with Gasteiger partial charge in [0.2, 0.25) is 15.9 Å². The molecule has 0 spiro atoms. The molecule has 0 unspecified atom stereocenters. The smallest absolute Gasteiger partial charge is 0.243 e. The molecule has 2 fully saturated rings. The van der Waals surface area contributed by atoms with Crippen molar-refractivity contribution in [1.82, 2.24) is 9.21 Å². The minimum atomic E-state index is -3.45. The fourth-order valence-electron chi connectivity index (χ4n) is 3.57. The number of hydrogen-bond donors (Lipinski definition) is 1. The second-order valence-electron chi connectivity index (χ2n) is 7.17. The van der Waals surface area contributed by atoms with Crippen LogP contribution >= 0.6 is 0 Å². The third-order valence-electron chi connectivity index (χ3n) is 4.96. The molecule has 2 saturated heterocycles. The van der Waals surface area contributed by atoms with Crippen LogP contribution in [-0.4, -0.2) is 56.3 Å². The van der Waals surface area contributed by atoms with Gasteiger partial charge in [-0.05, 0) is 69.0 Å². The number of hydrogen-bond acceptors (Lipinski definition) is 4. The Bertz CT molecular complexity index is 697. The Kier molecular flexibility index (Phi) is 5.76. The number of sulfonamides is 1. The van der Waals surface area contributed by atoms with E-state index in [1.165, 1.54) is 0 Å². The number of carbonyl (C=O) groups excluding carboxylic acids is 1. The minimum absolute atomic E-state index is 0.0534. The van der Waals surface area contributed by atoms with E-state index >= 15 is 0 Å². The summed E-state index contributed by atoms with van der Waals surface area (Å²) in [5.74, 6) is 0.343. The first-order chi connectivity index (χ1) is 11.9. The van der Waals surface area contributed by atoms with Crippen molar-refractivity contribution in [3.63, 3.8) is 0 Å². The minimum Gasteiger partial charge on any atom is -0.325 e. The number of anilines is 1. The monoisotopic (exact) mass is 365 g/mol. The quantitative estimate of drug-likeness (QED) is 0.868. The first kappa shape index (κ1) is 18.4. The normalized spacial score (nSPS) is 22.8. The summed E-state index contributed by atoms with van der Waals surface area (Å²) in [4.78, 5) is 14.5. The number of carbonyl (C=O) groups is 1. The van der Waals surface area contributed by atoms with Crippen molar-refractivity contribution < 1.29 is 13.2 Å². The first-order valence-electron chi connectivity index (χ1n) is 9.07. The van der Waals surface area contributed by atoms with Gasteiger partial charge in [-0.2, -0.15) is 4.31 Å². The van der Waals surface area contributed by atoms with Gasteiger partial charge in [-0.15, -0.1) is 0 Å². The third kappa shape index (κ3) is 4.59. The number of rotatable bonds is 5. The SMILES string of the molecule is C[C@H]1CCCN(S(=O)(=O)c2ccc(NC(=O)CN3CCCC3)cc2)C1. The lowest BCUT2D eigenvalue weighted by Crippen LogP contribution is -2.39. The highest BCUT2D eigenvalue weighted by atomic mass is 32.2. The highest BCUT2D eigenvalue weighted by Gasteiger charge is 2.28. The summed E-state index contributed by atoms with van der Waals surface area (Å²) < 4.78 is 27.0. The Morgan fingerprint density at radius 1 is 1.12 bits per heavy atom. The van der Waals surface area contributed by atoms with Crippen molar-refractivity contribution in [3.8, 4) is 0 Å². The fraction of sp³-hybridized carbons (Fsp3) is 0.611. The van der Waals surface area contributed by atoms with Crippen LogP contribution < -0.4 is 5.32 Å². The van der Waals surface area contributed by atoms with Gasteiger partial charge in [0.05, 0.1) is 11.4 Å². The molecule has 0 aromatic heterocycles. The Hall–Kier alpha value is -1.44. The molecular formula is C18H27N3O3S. The van der Waals surface area contributed by atoms with E-state index in [1.807, 2.05) is 0 Å². The lowest BCUT2D eigenvalue weighted by molar-refractivity contribution is -0.117. The van der Waals surface area contributed by atoms with Gasteiger partial charge < -0.3 is 5.32 Å². The van der Waals surface area contributed by atoms with Crippen LogP contribution in [0.15, 0.2) is 29.2 Å². The average molecular weight is 365 g/mol. The van der Waals surface area contributed by atoms with E-state index in [0.29, 0.717) is 36.1 Å². The molecule has 3 rings (SSSR count). The predicted octanol–water partition coefficient (Wildman–Crippen LogP) is 2.14. The van der Waals surface area contributed by atoms with Crippen molar-refractivity contribution in [2.24, 2.45) is 5.92 Å². The molecule has 1 amide bonds. The van der Waals surface area contributed by atoms with Crippen LogP contribution in [0.2, 0.25) is 0 Å². The summed E-state index contributed by atoms with van der Waals surface area (Å²) in [7, 11) is -3.45. The van der Waals surface area contributed by atoms with Crippen molar-refractivity contribution in [3.05, 3.63) is 24.3 Å². The number of likely N-dealkylation sites (tertiary alicyclic amines) is 1. The molecule has 0 aliphatic carbocycles. The summed E-state index contributed by atoms with van der Waals surface area (Å²) in [6, 6.07) is 6.50. The van der Waals surface area contributed by atoms with Crippen molar-refractivity contribution in [1.29, 1.82) is 0 Å². The van der Waals surface area contributed by atoms with Gasteiger partial charge in [0.1, 0.15) is 0 Å². The molecule has 1 N–H and O–H groups in total. The molecule has 0 radical (unpaired) electrons. The Balaban J connectivity index is 1.62. The zero-order valence-electron chi connectivity index (χ0n) is 14.8. The molecule has 2 aliphatic heterocycles. The van der Waals surface area contributed by atoms with E-state index in [0.717, 1.165) is 38.8 Å². The molecule has 138 valence electrons. The highest BCUT2D eigenvalue weighted by molar-refractivity contribution is 7.89. The highest BCUT2D eigenvalue weighted by Crippen LogP contribution is 2.24. The Morgan fingerprint density at radius 2 is 1.80 bits per heavy atom. The Morgan fingerprint density at radius 3 is 2.44 bits per heavy atom. The van der Waals surface area contributed by atoms with Crippen molar-refractivity contribution >= 4 is 21.6 Å². The summed E-state index contributed by atoms with van der Waals surface area (Å²) in [6.45, 7) is 5.59. The number of nitrogens with one attached hydrogen (secondary N) is 1. The van der Waals surface area contributed by atoms with Crippen LogP contribution in [0.4, 0.5) is 5.69 Å². The van der Waals surface area contributed by atoms with Crippen LogP contribution in [0.1, 0.15) is 32.6 Å². The zero-order chi connectivity index (χ0) is 17.9. The third-order valence-corrected chi connectivity index (χ3v) is 6.84. The largest absolute Gasteiger partial charge is 0.325 e. The van der Waals surface area contributed by atoms with Crippen LogP contribution in [0.5, 0.6) is 0 Å². The molecule has 1 aromatic rings. The molecule has 1 atom stereocenters. The maximum atomic E-state index is 12.7.